The normalized spacial score (nSPS) is 22.2. The first kappa shape index (κ1) is 21.2. The van der Waals surface area contributed by atoms with Crippen LogP contribution in [0.5, 0.6) is 0 Å². The van der Waals surface area contributed by atoms with Crippen LogP contribution in [0, 0.1) is 5.92 Å². The van der Waals surface area contributed by atoms with Crippen LogP contribution in [-0.2, 0) is 25.2 Å². The van der Waals surface area contributed by atoms with Crippen molar-refractivity contribution < 1.29 is 32.2 Å². The Morgan fingerprint density at radius 2 is 1.86 bits per heavy atom. The fourth-order valence-corrected chi connectivity index (χ4v) is 3.87. The highest BCUT2D eigenvalue weighted by atomic mass is 19.4. The number of Topliss-reactive ketones (excluding diaryl/α,β-unsaturated/α-hetero) is 1. The molecule has 2 atom stereocenters. The molecule has 0 saturated heterocycles. The molecule has 0 N–H and O–H groups in total. The molecule has 1 aromatic carbocycles. The first-order valence-electron chi connectivity index (χ1n) is 9.38. The summed E-state index contributed by atoms with van der Waals surface area (Å²) in [6.45, 7) is 1.94. The molecule has 29 heavy (non-hydrogen) atoms. The summed E-state index contributed by atoms with van der Waals surface area (Å²) in [5.74, 6) is -2.28. The highest BCUT2D eigenvalue weighted by Gasteiger charge is 2.43. The average Bonchev–Trinajstić information content (AvgIpc) is 2.66. The standard InChI is InChI=1S/C21H22F3NO4/c1-12-17(20(27)29-11-10-28-2)18(19-15(25-12)4-3-5-16(19)26)13-6-8-14(9-7-13)21(22,23)24/h6-9,17-18H,3-5,10-11H2,1-2H3/t17?,18-/m0/s1. The predicted octanol–water partition coefficient (Wildman–Crippen LogP) is 4.08. The van der Waals surface area contributed by atoms with Crippen LogP contribution in [0.25, 0.3) is 0 Å². The van der Waals surface area contributed by atoms with Gasteiger partial charge in [-0.05, 0) is 37.5 Å². The highest BCUT2D eigenvalue weighted by Crippen LogP contribution is 2.44. The Hall–Kier alpha value is -2.48. The molecule has 1 aliphatic carbocycles. The molecule has 0 fully saturated rings. The van der Waals surface area contributed by atoms with Crippen molar-refractivity contribution in [2.45, 2.75) is 38.3 Å². The maximum Gasteiger partial charge on any atom is 0.416 e. The molecule has 1 aromatic rings. The van der Waals surface area contributed by atoms with Gasteiger partial charge in [-0.1, -0.05) is 12.1 Å². The van der Waals surface area contributed by atoms with Gasteiger partial charge >= 0.3 is 12.1 Å². The van der Waals surface area contributed by atoms with Crippen LogP contribution in [0.4, 0.5) is 13.2 Å². The number of alkyl halides is 3. The number of aliphatic imine (C=N–C) groups is 1. The Kier molecular flexibility index (Phi) is 6.21. The van der Waals surface area contributed by atoms with Crippen molar-refractivity contribution in [2.24, 2.45) is 10.9 Å². The van der Waals surface area contributed by atoms with E-state index in [1.807, 2.05) is 0 Å². The lowest BCUT2D eigenvalue weighted by atomic mass is 9.71. The number of carbonyl (C=O) groups excluding carboxylic acids is 2. The summed E-state index contributed by atoms with van der Waals surface area (Å²) in [6.07, 6.45) is -2.87. The molecule has 1 unspecified atom stereocenters. The van der Waals surface area contributed by atoms with Crippen molar-refractivity contribution in [1.29, 1.82) is 0 Å². The van der Waals surface area contributed by atoms with Crippen molar-refractivity contribution in [3.8, 4) is 0 Å². The van der Waals surface area contributed by atoms with Gasteiger partial charge in [0, 0.05) is 36.4 Å². The quantitative estimate of drug-likeness (QED) is 0.543. The summed E-state index contributed by atoms with van der Waals surface area (Å²) in [6, 6.07) is 4.59. The van der Waals surface area contributed by atoms with Crippen LogP contribution in [0.15, 0.2) is 40.5 Å². The maximum atomic E-state index is 13.0. The Morgan fingerprint density at radius 3 is 2.48 bits per heavy atom. The van der Waals surface area contributed by atoms with E-state index in [2.05, 4.69) is 4.99 Å². The Labute approximate surface area is 166 Å². The molecular formula is C21H22F3NO4. The van der Waals surface area contributed by atoms with E-state index < -0.39 is 29.5 Å². The van der Waals surface area contributed by atoms with Crippen LogP contribution in [0.1, 0.15) is 43.2 Å². The van der Waals surface area contributed by atoms with Gasteiger partial charge in [-0.3, -0.25) is 14.6 Å². The van der Waals surface area contributed by atoms with Crippen molar-refractivity contribution in [2.75, 3.05) is 20.3 Å². The lowest BCUT2D eigenvalue weighted by molar-refractivity contribution is -0.148. The molecule has 2 aliphatic rings. The Balaban J connectivity index is 2.03. The van der Waals surface area contributed by atoms with Gasteiger partial charge in [0.25, 0.3) is 0 Å². The molecule has 0 aromatic heterocycles. The molecule has 5 nitrogen and oxygen atoms in total. The second kappa shape index (κ2) is 8.49. The minimum absolute atomic E-state index is 0.0404. The van der Waals surface area contributed by atoms with Gasteiger partial charge in [0.1, 0.15) is 12.5 Å². The third-order valence-electron chi connectivity index (χ3n) is 5.22. The number of hydrogen-bond donors (Lipinski definition) is 0. The monoisotopic (exact) mass is 409 g/mol. The number of ketones is 1. The minimum Gasteiger partial charge on any atom is -0.463 e. The molecule has 0 spiro atoms. The van der Waals surface area contributed by atoms with Gasteiger partial charge in [-0.2, -0.15) is 13.2 Å². The van der Waals surface area contributed by atoms with E-state index in [1.54, 1.807) is 6.92 Å². The molecule has 0 radical (unpaired) electrons. The molecule has 1 aliphatic heterocycles. The van der Waals surface area contributed by atoms with E-state index in [9.17, 15) is 22.8 Å². The van der Waals surface area contributed by atoms with Crippen LogP contribution < -0.4 is 0 Å². The van der Waals surface area contributed by atoms with Crippen LogP contribution >= 0.6 is 0 Å². The van der Waals surface area contributed by atoms with Crippen molar-refractivity contribution in [3.63, 3.8) is 0 Å². The largest absolute Gasteiger partial charge is 0.463 e. The van der Waals surface area contributed by atoms with E-state index in [4.69, 9.17) is 9.47 Å². The lowest BCUT2D eigenvalue weighted by Gasteiger charge is -2.34. The van der Waals surface area contributed by atoms with Crippen molar-refractivity contribution in [3.05, 3.63) is 46.7 Å². The van der Waals surface area contributed by atoms with E-state index in [1.165, 1.54) is 19.2 Å². The number of nitrogens with zero attached hydrogens (tertiary/aromatic N) is 1. The van der Waals surface area contributed by atoms with E-state index in [-0.39, 0.29) is 19.0 Å². The van der Waals surface area contributed by atoms with E-state index in [0.717, 1.165) is 12.1 Å². The number of rotatable bonds is 5. The number of allylic oxidation sites excluding steroid dienone is 2. The smallest absolute Gasteiger partial charge is 0.416 e. The van der Waals surface area contributed by atoms with Crippen LogP contribution in [0.2, 0.25) is 0 Å². The zero-order valence-electron chi connectivity index (χ0n) is 16.2. The SMILES string of the molecule is COCCOC(=O)C1C(C)=NC2=C(C(=O)CCC2)[C@H]1c1ccc(C(F)(F)F)cc1. The fourth-order valence-electron chi connectivity index (χ4n) is 3.87. The fraction of sp³-hybridized carbons (Fsp3) is 0.476. The molecule has 0 saturated carbocycles. The number of halogens is 3. The predicted molar refractivity (Wildman–Crippen MR) is 99.5 cm³/mol. The van der Waals surface area contributed by atoms with Crippen LogP contribution in [-0.4, -0.2) is 37.8 Å². The van der Waals surface area contributed by atoms with Gasteiger partial charge in [0.2, 0.25) is 0 Å². The van der Waals surface area contributed by atoms with Crippen LogP contribution in [0.3, 0.4) is 0 Å². The summed E-state index contributed by atoms with van der Waals surface area (Å²) >= 11 is 0. The molecule has 8 heteroatoms. The lowest BCUT2D eigenvalue weighted by Crippen LogP contribution is -2.37. The number of methoxy groups -OCH3 is 1. The van der Waals surface area contributed by atoms with Crippen molar-refractivity contribution >= 4 is 17.5 Å². The number of ether oxygens (including phenoxy) is 2. The maximum absolute atomic E-state index is 13.0. The van der Waals surface area contributed by atoms with Gasteiger partial charge in [0.15, 0.2) is 5.78 Å². The number of esters is 1. The van der Waals surface area contributed by atoms with Gasteiger partial charge in [0.05, 0.1) is 12.2 Å². The third-order valence-corrected chi connectivity index (χ3v) is 5.22. The first-order valence-corrected chi connectivity index (χ1v) is 9.38. The summed E-state index contributed by atoms with van der Waals surface area (Å²) in [5.41, 5.74) is 1.19. The molecule has 3 rings (SSSR count). The van der Waals surface area contributed by atoms with Gasteiger partial charge < -0.3 is 9.47 Å². The molecule has 1 heterocycles. The zero-order valence-corrected chi connectivity index (χ0v) is 16.2. The highest BCUT2D eigenvalue weighted by molar-refractivity contribution is 6.08. The zero-order chi connectivity index (χ0) is 21.2. The van der Waals surface area contributed by atoms with E-state index in [0.29, 0.717) is 41.8 Å². The van der Waals surface area contributed by atoms with Crippen molar-refractivity contribution in [1.82, 2.24) is 0 Å². The molecule has 156 valence electrons. The second-order valence-corrected chi connectivity index (χ2v) is 7.13. The van der Waals surface area contributed by atoms with Gasteiger partial charge in [-0.25, -0.2) is 0 Å². The number of hydrogen-bond acceptors (Lipinski definition) is 5. The molecule has 0 bridgehead atoms. The first-order chi connectivity index (χ1) is 13.7. The average molecular weight is 409 g/mol. The number of benzene rings is 1. The summed E-state index contributed by atoms with van der Waals surface area (Å²) in [4.78, 5) is 30.0. The summed E-state index contributed by atoms with van der Waals surface area (Å²) in [7, 11) is 1.48. The summed E-state index contributed by atoms with van der Waals surface area (Å²) < 4.78 is 49.1. The van der Waals surface area contributed by atoms with Gasteiger partial charge in [-0.15, -0.1) is 0 Å². The summed E-state index contributed by atoms with van der Waals surface area (Å²) in [5, 5.41) is 0. The van der Waals surface area contributed by atoms with E-state index >= 15 is 0 Å². The Morgan fingerprint density at radius 1 is 1.17 bits per heavy atom. The second-order valence-electron chi connectivity index (χ2n) is 7.13. The topological polar surface area (TPSA) is 65.0 Å². The third kappa shape index (κ3) is 4.42. The molecule has 0 amide bonds. The molecular weight excluding hydrogens is 387 g/mol. The minimum atomic E-state index is -4.47. The number of carbonyl (C=O) groups is 2. The Bertz CT molecular complexity index is 856.